The van der Waals surface area contributed by atoms with E-state index in [0.29, 0.717) is 17.1 Å². The van der Waals surface area contributed by atoms with Gasteiger partial charge in [0.05, 0.1) is 5.56 Å². The monoisotopic (exact) mass is 261 g/mol. The van der Waals surface area contributed by atoms with Gasteiger partial charge in [0.15, 0.2) is 12.5 Å². The normalized spacial score (nSPS) is 10.5. The molecule has 5 heteroatoms. The lowest BCUT2D eigenvalue weighted by atomic mass is 10.0. The van der Waals surface area contributed by atoms with Gasteiger partial charge in [-0.2, -0.15) is 0 Å². The van der Waals surface area contributed by atoms with Gasteiger partial charge in [-0.3, -0.25) is 4.79 Å². The number of carbonyl (C=O) groups excluding carboxylic acids is 1. The predicted octanol–water partition coefficient (Wildman–Crippen LogP) is 2.51. The molecule has 0 saturated carbocycles. The largest absolute Gasteiger partial charge is 0.467 e. The molecule has 0 radical (unpaired) electrons. The van der Waals surface area contributed by atoms with E-state index in [4.69, 9.17) is 14.0 Å². The van der Waals surface area contributed by atoms with Crippen molar-refractivity contribution >= 4 is 5.78 Å². The van der Waals surface area contributed by atoms with Crippen molar-refractivity contribution in [2.24, 2.45) is 0 Å². The summed E-state index contributed by atoms with van der Waals surface area (Å²) in [4.78, 5) is 12.3. The molecular formula is C14H15NO4. The van der Waals surface area contributed by atoms with Crippen LogP contribution in [0.5, 0.6) is 5.75 Å². The Kier molecular flexibility index (Phi) is 3.97. The van der Waals surface area contributed by atoms with E-state index in [2.05, 4.69) is 5.16 Å². The fourth-order valence-electron chi connectivity index (χ4n) is 1.67. The third-order valence-electron chi connectivity index (χ3n) is 2.57. The Morgan fingerprint density at radius 1 is 1.32 bits per heavy atom. The number of ether oxygens (including phenoxy) is 2. The molecule has 2 aromatic rings. The van der Waals surface area contributed by atoms with Crippen LogP contribution in [-0.2, 0) is 4.74 Å². The quantitative estimate of drug-likeness (QED) is 0.611. The van der Waals surface area contributed by atoms with Crippen molar-refractivity contribution in [2.45, 2.75) is 13.8 Å². The van der Waals surface area contributed by atoms with Crippen molar-refractivity contribution < 1.29 is 18.8 Å². The molecule has 1 aromatic carbocycles. The van der Waals surface area contributed by atoms with Crippen LogP contribution in [0.25, 0.3) is 0 Å². The second kappa shape index (κ2) is 5.67. The van der Waals surface area contributed by atoms with Gasteiger partial charge in [-0.15, -0.1) is 0 Å². The number of methoxy groups -OCH3 is 1. The van der Waals surface area contributed by atoms with Crippen molar-refractivity contribution in [3.8, 4) is 5.75 Å². The molecule has 0 aliphatic heterocycles. The maximum atomic E-state index is 12.3. The Bertz CT molecular complexity index is 589. The molecule has 0 bridgehead atoms. The first-order chi connectivity index (χ1) is 9.11. The molecule has 5 nitrogen and oxygen atoms in total. The van der Waals surface area contributed by atoms with Crippen molar-refractivity contribution in [1.82, 2.24) is 5.16 Å². The first kappa shape index (κ1) is 13.3. The lowest BCUT2D eigenvalue weighted by Crippen LogP contribution is -2.07. The highest BCUT2D eigenvalue weighted by Crippen LogP contribution is 2.23. The molecule has 19 heavy (non-hydrogen) atoms. The zero-order valence-electron chi connectivity index (χ0n) is 11.1. The van der Waals surface area contributed by atoms with E-state index >= 15 is 0 Å². The van der Waals surface area contributed by atoms with Crippen molar-refractivity contribution in [3.05, 3.63) is 46.8 Å². The summed E-state index contributed by atoms with van der Waals surface area (Å²) in [5.41, 5.74) is 1.71. The number of benzene rings is 1. The van der Waals surface area contributed by atoms with E-state index < -0.39 is 0 Å². The molecular weight excluding hydrogens is 246 g/mol. The molecule has 1 aromatic heterocycles. The second-order valence-corrected chi connectivity index (χ2v) is 4.20. The average Bonchev–Trinajstić information content (AvgIpc) is 2.82. The lowest BCUT2D eigenvalue weighted by molar-refractivity contribution is 0.0503. The van der Waals surface area contributed by atoms with Crippen LogP contribution in [0.1, 0.15) is 27.4 Å². The van der Waals surface area contributed by atoms with Gasteiger partial charge >= 0.3 is 0 Å². The summed E-state index contributed by atoms with van der Waals surface area (Å²) in [6, 6.07) is 6.95. The molecule has 0 aliphatic rings. The number of ketones is 1. The van der Waals surface area contributed by atoms with Gasteiger partial charge in [-0.05, 0) is 31.5 Å². The summed E-state index contributed by atoms with van der Waals surface area (Å²) in [5, 5.41) is 3.72. The number of nitrogens with zero attached hydrogens (tertiary/aromatic N) is 1. The molecule has 0 aliphatic carbocycles. The maximum absolute atomic E-state index is 12.3. The van der Waals surface area contributed by atoms with Crippen molar-refractivity contribution in [1.29, 1.82) is 0 Å². The minimum atomic E-state index is -0.233. The molecule has 0 unspecified atom stereocenters. The van der Waals surface area contributed by atoms with E-state index in [-0.39, 0.29) is 18.3 Å². The number of hydrogen-bond acceptors (Lipinski definition) is 5. The molecule has 0 amide bonds. The predicted molar refractivity (Wildman–Crippen MR) is 68.4 cm³/mol. The fraction of sp³-hybridized carbons (Fsp3) is 0.286. The summed E-state index contributed by atoms with van der Waals surface area (Å²) < 4.78 is 15.2. The van der Waals surface area contributed by atoms with Crippen molar-refractivity contribution in [2.75, 3.05) is 13.9 Å². The first-order valence-corrected chi connectivity index (χ1v) is 5.82. The summed E-state index contributed by atoms with van der Waals surface area (Å²) in [6.07, 6.45) is 0. The number of aryl methyl sites for hydroxylation is 2. The number of aromatic nitrogens is 1. The summed E-state index contributed by atoms with van der Waals surface area (Å²) >= 11 is 0. The highest BCUT2D eigenvalue weighted by atomic mass is 16.7. The number of carbonyl (C=O) groups is 1. The molecule has 0 saturated heterocycles. The highest BCUT2D eigenvalue weighted by molar-refractivity contribution is 6.09. The minimum absolute atomic E-state index is 0.0849. The van der Waals surface area contributed by atoms with Gasteiger partial charge < -0.3 is 14.0 Å². The minimum Gasteiger partial charge on any atom is -0.467 e. The second-order valence-electron chi connectivity index (χ2n) is 4.20. The van der Waals surface area contributed by atoms with Gasteiger partial charge in [0.2, 0.25) is 5.78 Å². The topological polar surface area (TPSA) is 61.6 Å². The van der Waals surface area contributed by atoms with Crippen LogP contribution >= 0.6 is 0 Å². The highest BCUT2D eigenvalue weighted by Gasteiger charge is 2.18. The van der Waals surface area contributed by atoms with Crippen LogP contribution in [0.4, 0.5) is 0 Å². The third kappa shape index (κ3) is 3.00. The SMILES string of the molecule is COCOc1cc(C)ccc1C(=O)c1cc(C)on1. The van der Waals surface area contributed by atoms with Crippen LogP contribution in [0.3, 0.4) is 0 Å². The molecule has 100 valence electrons. The Morgan fingerprint density at radius 2 is 2.11 bits per heavy atom. The van der Waals surface area contributed by atoms with E-state index in [1.54, 1.807) is 25.1 Å². The van der Waals surface area contributed by atoms with E-state index in [1.165, 1.54) is 7.11 Å². The zero-order valence-corrected chi connectivity index (χ0v) is 11.1. The molecule has 1 heterocycles. The van der Waals surface area contributed by atoms with E-state index in [1.807, 2.05) is 13.0 Å². The van der Waals surface area contributed by atoms with Gasteiger partial charge in [0, 0.05) is 13.2 Å². The summed E-state index contributed by atoms with van der Waals surface area (Å²) in [7, 11) is 1.53. The lowest BCUT2D eigenvalue weighted by Gasteiger charge is -2.09. The van der Waals surface area contributed by atoms with Crippen LogP contribution in [0.15, 0.2) is 28.8 Å². The Hall–Kier alpha value is -2.14. The molecule has 0 atom stereocenters. The standard InChI is InChI=1S/C14H15NO4/c1-9-4-5-11(13(6-9)18-8-17-3)14(16)12-7-10(2)19-15-12/h4-7H,8H2,1-3H3. The Labute approximate surface area is 111 Å². The van der Waals surface area contributed by atoms with Gasteiger partial charge in [-0.25, -0.2) is 0 Å². The van der Waals surface area contributed by atoms with Crippen LogP contribution in [-0.4, -0.2) is 24.8 Å². The Morgan fingerprint density at radius 3 is 2.74 bits per heavy atom. The van der Waals surface area contributed by atoms with E-state index in [0.717, 1.165) is 5.56 Å². The van der Waals surface area contributed by atoms with Crippen LogP contribution in [0.2, 0.25) is 0 Å². The zero-order chi connectivity index (χ0) is 13.8. The van der Waals surface area contributed by atoms with Crippen molar-refractivity contribution in [3.63, 3.8) is 0 Å². The van der Waals surface area contributed by atoms with Crippen LogP contribution in [0, 0.1) is 13.8 Å². The third-order valence-corrected chi connectivity index (χ3v) is 2.57. The number of rotatable bonds is 5. The molecule has 0 spiro atoms. The van der Waals surface area contributed by atoms with Gasteiger partial charge in [-0.1, -0.05) is 11.2 Å². The van der Waals surface area contributed by atoms with E-state index in [9.17, 15) is 4.79 Å². The average molecular weight is 261 g/mol. The van der Waals surface area contributed by atoms with Gasteiger partial charge in [0.25, 0.3) is 0 Å². The smallest absolute Gasteiger partial charge is 0.218 e. The number of hydrogen-bond donors (Lipinski definition) is 0. The fourth-order valence-corrected chi connectivity index (χ4v) is 1.67. The first-order valence-electron chi connectivity index (χ1n) is 5.82. The van der Waals surface area contributed by atoms with Gasteiger partial charge in [0.1, 0.15) is 11.5 Å². The summed E-state index contributed by atoms with van der Waals surface area (Å²) in [5.74, 6) is 0.838. The maximum Gasteiger partial charge on any atom is 0.218 e. The molecule has 2 rings (SSSR count). The van der Waals surface area contributed by atoms with Crippen LogP contribution < -0.4 is 4.74 Å². The molecule has 0 fully saturated rings. The Balaban J connectivity index is 2.35. The summed E-state index contributed by atoms with van der Waals surface area (Å²) in [6.45, 7) is 3.75. The molecule has 0 N–H and O–H groups in total.